The molecule has 0 saturated heterocycles. The molecular formula is C11H18N2O4S. The third-order valence-electron chi connectivity index (χ3n) is 2.96. The zero-order valence-corrected chi connectivity index (χ0v) is 10.9. The standard InChI is InChI=1S/C11H18N2O4S/c12-8(14)7-18-6-3-9(15)13-11(10(16)17)4-1-2-5-11/h1-7H2,(H2,12,14)(H,13,15)(H,16,17). The van der Waals surface area contributed by atoms with Gasteiger partial charge >= 0.3 is 5.97 Å². The molecule has 0 spiro atoms. The van der Waals surface area contributed by atoms with E-state index in [4.69, 9.17) is 5.73 Å². The molecular weight excluding hydrogens is 256 g/mol. The lowest BCUT2D eigenvalue weighted by Crippen LogP contribution is -2.52. The van der Waals surface area contributed by atoms with E-state index in [9.17, 15) is 19.5 Å². The fourth-order valence-corrected chi connectivity index (χ4v) is 2.71. The first-order valence-electron chi connectivity index (χ1n) is 5.87. The minimum absolute atomic E-state index is 0.178. The number of aliphatic carboxylic acids is 1. The highest BCUT2D eigenvalue weighted by Gasteiger charge is 2.42. The molecule has 1 aliphatic rings. The predicted octanol–water partition coefficient (Wildman–Crippen LogP) is 0.109. The molecule has 0 aromatic rings. The molecule has 1 aliphatic carbocycles. The number of carboxylic acid groups (broad SMARTS) is 1. The van der Waals surface area contributed by atoms with Crippen LogP contribution >= 0.6 is 11.8 Å². The topological polar surface area (TPSA) is 109 Å². The Morgan fingerprint density at radius 1 is 1.28 bits per heavy atom. The van der Waals surface area contributed by atoms with Crippen molar-refractivity contribution in [3.05, 3.63) is 0 Å². The maximum Gasteiger partial charge on any atom is 0.329 e. The molecule has 0 aliphatic heterocycles. The highest BCUT2D eigenvalue weighted by atomic mass is 32.2. The van der Waals surface area contributed by atoms with Gasteiger partial charge in [-0.2, -0.15) is 11.8 Å². The van der Waals surface area contributed by atoms with E-state index in [-0.39, 0.29) is 18.1 Å². The fourth-order valence-electron chi connectivity index (χ4n) is 2.04. The minimum atomic E-state index is -1.08. The molecule has 0 aromatic heterocycles. The molecule has 18 heavy (non-hydrogen) atoms. The van der Waals surface area contributed by atoms with Gasteiger partial charge in [0, 0.05) is 12.2 Å². The number of nitrogens with two attached hydrogens (primary N) is 1. The van der Waals surface area contributed by atoms with Crippen LogP contribution in [0.3, 0.4) is 0 Å². The average Bonchev–Trinajstić information content (AvgIpc) is 2.74. The smallest absolute Gasteiger partial charge is 0.329 e. The Bertz CT molecular complexity index is 340. The predicted molar refractivity (Wildman–Crippen MR) is 68.1 cm³/mol. The van der Waals surface area contributed by atoms with Crippen molar-refractivity contribution in [1.29, 1.82) is 0 Å². The zero-order chi connectivity index (χ0) is 13.6. The van der Waals surface area contributed by atoms with Gasteiger partial charge in [0.15, 0.2) is 0 Å². The van der Waals surface area contributed by atoms with E-state index < -0.39 is 17.4 Å². The monoisotopic (exact) mass is 274 g/mol. The summed E-state index contributed by atoms with van der Waals surface area (Å²) in [5.74, 6) is -1.02. The lowest BCUT2D eigenvalue weighted by atomic mass is 9.98. The van der Waals surface area contributed by atoms with Crippen molar-refractivity contribution in [1.82, 2.24) is 5.32 Å². The van der Waals surface area contributed by atoms with Crippen molar-refractivity contribution < 1.29 is 19.5 Å². The summed E-state index contributed by atoms with van der Waals surface area (Å²) in [5, 5.41) is 11.8. The first-order chi connectivity index (χ1) is 8.46. The molecule has 0 atom stereocenters. The van der Waals surface area contributed by atoms with Gasteiger partial charge in [-0.1, -0.05) is 12.8 Å². The van der Waals surface area contributed by atoms with Gasteiger partial charge in [-0.3, -0.25) is 9.59 Å². The molecule has 0 unspecified atom stereocenters. The maximum atomic E-state index is 11.6. The highest BCUT2D eigenvalue weighted by Crippen LogP contribution is 2.30. The van der Waals surface area contributed by atoms with Gasteiger partial charge in [0.05, 0.1) is 5.75 Å². The van der Waals surface area contributed by atoms with Crippen LogP contribution in [0, 0.1) is 0 Å². The summed E-state index contributed by atoms with van der Waals surface area (Å²) in [6.45, 7) is 0. The minimum Gasteiger partial charge on any atom is -0.480 e. The zero-order valence-electron chi connectivity index (χ0n) is 10.1. The van der Waals surface area contributed by atoms with E-state index >= 15 is 0 Å². The molecule has 4 N–H and O–H groups in total. The van der Waals surface area contributed by atoms with Crippen LogP contribution < -0.4 is 11.1 Å². The van der Waals surface area contributed by atoms with E-state index in [0.717, 1.165) is 12.8 Å². The SMILES string of the molecule is NC(=O)CSCCC(=O)NC1(C(=O)O)CCCC1. The number of hydrogen-bond acceptors (Lipinski definition) is 4. The molecule has 1 rings (SSSR count). The van der Waals surface area contributed by atoms with Crippen LogP contribution in [0.1, 0.15) is 32.1 Å². The first kappa shape index (κ1) is 14.8. The molecule has 102 valence electrons. The fraction of sp³-hybridized carbons (Fsp3) is 0.727. The van der Waals surface area contributed by atoms with E-state index in [1.165, 1.54) is 11.8 Å². The van der Waals surface area contributed by atoms with Crippen LogP contribution in [-0.4, -0.2) is 39.9 Å². The summed E-state index contributed by atoms with van der Waals surface area (Å²) >= 11 is 1.27. The quantitative estimate of drug-likeness (QED) is 0.571. The summed E-state index contributed by atoms with van der Waals surface area (Å²) in [6, 6.07) is 0. The van der Waals surface area contributed by atoms with E-state index in [0.29, 0.717) is 18.6 Å². The molecule has 0 aromatic carbocycles. The van der Waals surface area contributed by atoms with Gasteiger partial charge in [0.1, 0.15) is 5.54 Å². The number of amides is 2. The van der Waals surface area contributed by atoms with Crippen molar-refractivity contribution in [2.45, 2.75) is 37.6 Å². The summed E-state index contributed by atoms with van der Waals surface area (Å²) in [6.07, 6.45) is 2.82. The number of carbonyl (C=O) groups excluding carboxylic acids is 2. The van der Waals surface area contributed by atoms with Crippen LogP contribution in [0.5, 0.6) is 0 Å². The number of nitrogens with one attached hydrogen (secondary N) is 1. The van der Waals surface area contributed by atoms with E-state index in [1.807, 2.05) is 0 Å². The second-order valence-corrected chi connectivity index (χ2v) is 5.52. The lowest BCUT2D eigenvalue weighted by Gasteiger charge is -2.25. The molecule has 0 bridgehead atoms. The van der Waals surface area contributed by atoms with Gasteiger partial charge in [-0.15, -0.1) is 0 Å². The van der Waals surface area contributed by atoms with Gasteiger partial charge in [-0.05, 0) is 12.8 Å². The van der Waals surface area contributed by atoms with Gasteiger partial charge in [-0.25, -0.2) is 4.79 Å². The van der Waals surface area contributed by atoms with Crippen LogP contribution in [0.25, 0.3) is 0 Å². The average molecular weight is 274 g/mol. The molecule has 2 amide bonds. The Balaban J connectivity index is 2.34. The Kier molecular flexibility index (Phi) is 5.46. The molecule has 1 saturated carbocycles. The van der Waals surface area contributed by atoms with Crippen LogP contribution in [0.4, 0.5) is 0 Å². The molecule has 0 radical (unpaired) electrons. The summed E-state index contributed by atoms with van der Waals surface area (Å²) < 4.78 is 0. The number of rotatable bonds is 7. The largest absolute Gasteiger partial charge is 0.480 e. The number of carboxylic acids is 1. The number of thioether (sulfide) groups is 1. The third kappa shape index (κ3) is 4.21. The normalized spacial score (nSPS) is 17.3. The third-order valence-corrected chi connectivity index (χ3v) is 3.94. The number of hydrogen-bond donors (Lipinski definition) is 3. The Hall–Kier alpha value is -1.24. The van der Waals surface area contributed by atoms with E-state index in [1.54, 1.807) is 0 Å². The van der Waals surface area contributed by atoms with Gasteiger partial charge in [0.2, 0.25) is 11.8 Å². The van der Waals surface area contributed by atoms with Crippen molar-refractivity contribution in [2.24, 2.45) is 5.73 Å². The summed E-state index contributed by atoms with van der Waals surface area (Å²) in [5.41, 5.74) is 3.89. The van der Waals surface area contributed by atoms with Gasteiger partial charge < -0.3 is 16.2 Å². The van der Waals surface area contributed by atoms with Crippen molar-refractivity contribution >= 4 is 29.5 Å². The van der Waals surface area contributed by atoms with Crippen LogP contribution in [0.2, 0.25) is 0 Å². The second-order valence-electron chi connectivity index (χ2n) is 4.41. The highest BCUT2D eigenvalue weighted by molar-refractivity contribution is 7.99. The number of carbonyl (C=O) groups is 3. The van der Waals surface area contributed by atoms with Crippen molar-refractivity contribution in [2.75, 3.05) is 11.5 Å². The molecule has 0 heterocycles. The Labute approximate surface area is 110 Å². The molecule has 1 fully saturated rings. The summed E-state index contributed by atoms with van der Waals surface area (Å²) in [4.78, 5) is 33.3. The maximum absolute atomic E-state index is 11.6. The second kappa shape index (κ2) is 6.63. The lowest BCUT2D eigenvalue weighted by molar-refractivity contribution is -0.147. The molecule has 6 nitrogen and oxygen atoms in total. The van der Waals surface area contributed by atoms with Crippen molar-refractivity contribution in [3.8, 4) is 0 Å². The van der Waals surface area contributed by atoms with Crippen molar-refractivity contribution in [3.63, 3.8) is 0 Å². The van der Waals surface area contributed by atoms with Gasteiger partial charge in [0.25, 0.3) is 0 Å². The van der Waals surface area contributed by atoms with Crippen LogP contribution in [0.15, 0.2) is 0 Å². The van der Waals surface area contributed by atoms with E-state index in [2.05, 4.69) is 5.32 Å². The number of primary amides is 1. The Morgan fingerprint density at radius 2 is 1.89 bits per heavy atom. The summed E-state index contributed by atoms with van der Waals surface area (Å²) in [7, 11) is 0. The van der Waals surface area contributed by atoms with Crippen LogP contribution in [-0.2, 0) is 14.4 Å². The first-order valence-corrected chi connectivity index (χ1v) is 7.02. The Morgan fingerprint density at radius 3 is 2.39 bits per heavy atom. The molecule has 7 heteroatoms.